The van der Waals surface area contributed by atoms with Gasteiger partial charge in [0.2, 0.25) is 7.44 Å². The lowest BCUT2D eigenvalue weighted by Gasteiger charge is -2.34. The minimum Gasteiger partial charge on any atom is -0.457 e. The Morgan fingerprint density at radius 1 is 1.06 bits per heavy atom. The van der Waals surface area contributed by atoms with E-state index in [1.54, 1.807) is 11.8 Å². The van der Waals surface area contributed by atoms with E-state index in [1.165, 1.54) is 18.4 Å². The maximum atomic E-state index is 14.7. The molecule has 1 saturated carbocycles. The van der Waals surface area contributed by atoms with Gasteiger partial charge in [-0.05, 0) is 76.0 Å². The Bertz CT molecular complexity index is 1030. The first-order valence-corrected chi connectivity index (χ1v) is 15.5. The highest BCUT2D eigenvalue weighted by molar-refractivity contribution is 8.26. The van der Waals surface area contributed by atoms with Crippen LogP contribution < -0.4 is 4.74 Å². The topological polar surface area (TPSA) is 36.0 Å². The van der Waals surface area contributed by atoms with Crippen molar-refractivity contribution in [3.63, 3.8) is 0 Å². The second-order valence-corrected chi connectivity index (χ2v) is 15.1. The molecule has 2 aromatic carbocycles. The average Bonchev–Trinajstić information content (AvgIpc) is 3.06. The zero-order valence-corrected chi connectivity index (χ0v) is 23.8. The largest absolute Gasteiger partial charge is 0.457 e. The van der Waals surface area contributed by atoms with Gasteiger partial charge in [-0.2, -0.15) is 0 Å². The van der Waals surface area contributed by atoms with Crippen molar-refractivity contribution in [3.8, 4) is 11.5 Å². The second kappa shape index (κ2) is 11.8. The van der Waals surface area contributed by atoms with E-state index in [0.717, 1.165) is 47.9 Å². The molecule has 0 N–H and O–H groups in total. The molecule has 1 heterocycles. The molecule has 1 saturated heterocycles. The van der Waals surface area contributed by atoms with E-state index in [-0.39, 0.29) is 4.99 Å². The average molecular weight is 532 g/mol. The molecule has 2 aromatic rings. The molecule has 0 unspecified atom stereocenters. The summed E-state index contributed by atoms with van der Waals surface area (Å²) in [5.74, 6) is 1.69. The van der Waals surface area contributed by atoms with Crippen molar-refractivity contribution in [2.75, 3.05) is 28.2 Å². The van der Waals surface area contributed by atoms with Gasteiger partial charge in [-0.1, -0.05) is 67.2 Å². The highest BCUT2D eigenvalue weighted by atomic mass is 32.2. The van der Waals surface area contributed by atoms with Crippen molar-refractivity contribution in [2.24, 2.45) is 0 Å². The lowest BCUT2D eigenvalue weighted by atomic mass is 9.91. The fourth-order valence-electron chi connectivity index (χ4n) is 5.40. The maximum Gasteiger partial charge on any atom is 0.229 e. The highest BCUT2D eigenvalue weighted by Gasteiger charge is 2.55. The molecule has 2 fully saturated rings. The molecule has 190 valence electrons. The Morgan fingerprint density at radius 2 is 1.69 bits per heavy atom. The van der Waals surface area contributed by atoms with Gasteiger partial charge in [-0.25, -0.2) is 9.34 Å². The van der Waals surface area contributed by atoms with Gasteiger partial charge in [-0.3, -0.25) is 4.57 Å². The van der Waals surface area contributed by atoms with E-state index in [9.17, 15) is 4.57 Å². The summed E-state index contributed by atoms with van der Waals surface area (Å²) in [4.78, 5) is 1.92. The van der Waals surface area contributed by atoms with Crippen LogP contribution in [0.5, 0.6) is 11.5 Å². The summed E-state index contributed by atoms with van der Waals surface area (Å²) in [5.41, 5.74) is 1.23. The Hall–Kier alpha value is -1.37. The SMILES string of the molecule is CN(C)C(=S)S[C@@H](CCCc1cccc(Oc2ccccc2)c1)P1(=O)N(C)[C@@H]2CCCC[C@H]2N1C. The van der Waals surface area contributed by atoms with E-state index >= 15 is 0 Å². The zero-order chi connectivity index (χ0) is 25.0. The monoisotopic (exact) mass is 531 g/mol. The number of hydrogen-bond donors (Lipinski definition) is 0. The van der Waals surface area contributed by atoms with Crippen molar-refractivity contribution in [1.29, 1.82) is 0 Å². The third kappa shape index (κ3) is 5.97. The van der Waals surface area contributed by atoms with Crippen LogP contribution in [-0.4, -0.2) is 63.8 Å². The number of ether oxygens (including phenoxy) is 1. The molecule has 3 atom stereocenters. The van der Waals surface area contributed by atoms with E-state index in [2.05, 4.69) is 35.6 Å². The minimum atomic E-state index is -2.75. The summed E-state index contributed by atoms with van der Waals surface area (Å²) in [6.07, 6.45) is 7.46. The number of likely N-dealkylation sites (N-methyl/N-ethyl adjacent to an activating group) is 2. The van der Waals surface area contributed by atoms with E-state index in [1.807, 2.05) is 61.5 Å². The van der Waals surface area contributed by atoms with Crippen LogP contribution >= 0.6 is 31.4 Å². The quantitative estimate of drug-likeness (QED) is 0.266. The van der Waals surface area contributed by atoms with Crippen molar-refractivity contribution in [1.82, 2.24) is 14.2 Å². The van der Waals surface area contributed by atoms with Crippen LogP contribution in [0.15, 0.2) is 54.6 Å². The van der Waals surface area contributed by atoms with Crippen LogP contribution in [0, 0.1) is 0 Å². The number of para-hydroxylation sites is 1. The predicted octanol–water partition coefficient (Wildman–Crippen LogP) is 7.09. The Labute approximate surface area is 220 Å². The van der Waals surface area contributed by atoms with Gasteiger partial charge >= 0.3 is 0 Å². The third-order valence-corrected chi connectivity index (χ3v) is 13.6. The molecule has 35 heavy (non-hydrogen) atoms. The Balaban J connectivity index is 1.46. The van der Waals surface area contributed by atoms with Crippen molar-refractivity contribution in [3.05, 3.63) is 60.2 Å². The van der Waals surface area contributed by atoms with Gasteiger partial charge in [0.1, 0.15) is 15.8 Å². The Kier molecular flexibility index (Phi) is 8.99. The number of benzene rings is 2. The molecule has 0 radical (unpaired) electrons. The van der Waals surface area contributed by atoms with Gasteiger partial charge in [-0.15, -0.1) is 0 Å². The molecule has 0 aromatic heterocycles. The predicted molar refractivity (Wildman–Crippen MR) is 153 cm³/mol. The van der Waals surface area contributed by atoms with Gasteiger partial charge in [0.25, 0.3) is 0 Å². The van der Waals surface area contributed by atoms with Crippen molar-refractivity contribution < 1.29 is 9.30 Å². The van der Waals surface area contributed by atoms with E-state index < -0.39 is 7.44 Å². The van der Waals surface area contributed by atoms with Gasteiger partial charge in [0.05, 0.1) is 4.99 Å². The highest BCUT2D eigenvalue weighted by Crippen LogP contribution is 2.68. The third-order valence-electron chi connectivity index (χ3n) is 7.33. The second-order valence-electron chi connectivity index (χ2n) is 9.84. The number of thioether (sulfide) groups is 1. The number of rotatable bonds is 8. The molecule has 4 rings (SSSR count). The molecule has 8 heteroatoms. The lowest BCUT2D eigenvalue weighted by molar-refractivity contribution is 0.233. The number of fused-ring (bicyclic) bond motifs is 1. The van der Waals surface area contributed by atoms with Crippen LogP contribution in [0.3, 0.4) is 0 Å². The number of nitrogens with zero attached hydrogens (tertiary/aromatic N) is 3. The maximum absolute atomic E-state index is 14.7. The fraction of sp³-hybridized carbons (Fsp3) is 0.519. The molecule has 0 spiro atoms. The standard InChI is InChI=1S/C27H38N3O2PS2/c1-28(2)27(34)35-26(33(31)29(3)24-17-8-9-18-25(24)30(33)4)19-11-13-21-12-10-16-23(20-21)32-22-14-6-5-7-15-22/h5-7,10,12,14-16,20,24-26H,8-9,11,13,17-19H2,1-4H3/t24-,25-,26+/m1/s1. The normalized spacial score (nSPS) is 23.0. The summed E-state index contributed by atoms with van der Waals surface area (Å²) in [6, 6.07) is 19.0. The summed E-state index contributed by atoms with van der Waals surface area (Å²) < 4.78 is 26.0. The summed E-state index contributed by atoms with van der Waals surface area (Å²) >= 11 is 7.31. The van der Waals surface area contributed by atoms with Crippen molar-refractivity contribution in [2.45, 2.75) is 62.0 Å². The molecular formula is C27H38N3O2PS2. The van der Waals surface area contributed by atoms with Gasteiger partial charge < -0.3 is 9.64 Å². The van der Waals surface area contributed by atoms with Crippen LogP contribution in [0.2, 0.25) is 0 Å². The van der Waals surface area contributed by atoms with Gasteiger partial charge in [0, 0.05) is 26.2 Å². The first-order chi connectivity index (χ1) is 16.8. The smallest absolute Gasteiger partial charge is 0.229 e. The number of hydrogen-bond acceptors (Lipinski definition) is 4. The van der Waals surface area contributed by atoms with Crippen molar-refractivity contribution >= 4 is 35.7 Å². The van der Waals surface area contributed by atoms with Gasteiger partial charge in [0.15, 0.2) is 0 Å². The first-order valence-electron chi connectivity index (χ1n) is 12.6. The molecule has 0 amide bonds. The van der Waals surface area contributed by atoms with Crippen LogP contribution in [0.4, 0.5) is 0 Å². The number of thiocarbonyl (C=S) groups is 1. The molecule has 1 aliphatic carbocycles. The molecule has 1 aliphatic heterocycles. The number of aryl methyl sites for hydroxylation is 1. The zero-order valence-electron chi connectivity index (χ0n) is 21.3. The molecule has 0 bridgehead atoms. The fourth-order valence-corrected chi connectivity index (χ4v) is 11.6. The van der Waals surface area contributed by atoms with Crippen LogP contribution in [0.1, 0.15) is 44.1 Å². The summed E-state index contributed by atoms with van der Waals surface area (Å²) in [5, 5.41) is 0. The van der Waals surface area contributed by atoms with Crippen LogP contribution in [0.25, 0.3) is 0 Å². The Morgan fingerprint density at radius 3 is 2.31 bits per heavy atom. The first kappa shape index (κ1) is 26.7. The lowest BCUT2D eigenvalue weighted by Crippen LogP contribution is -2.37. The minimum absolute atomic E-state index is 0.0400. The summed E-state index contributed by atoms with van der Waals surface area (Å²) in [7, 11) is 5.38. The molecule has 2 aliphatic rings. The van der Waals surface area contributed by atoms with E-state index in [0.29, 0.717) is 12.1 Å². The van der Waals surface area contributed by atoms with Crippen LogP contribution in [-0.2, 0) is 11.0 Å². The molecule has 5 nitrogen and oxygen atoms in total. The molecular weight excluding hydrogens is 493 g/mol. The summed E-state index contributed by atoms with van der Waals surface area (Å²) in [6.45, 7) is 0. The van der Waals surface area contributed by atoms with E-state index in [4.69, 9.17) is 17.0 Å².